The molecule has 0 radical (unpaired) electrons. The first kappa shape index (κ1) is 19.2. The average Bonchev–Trinajstić information content (AvgIpc) is 3.17. The number of aryl methyl sites for hydroxylation is 1. The number of fused-ring (bicyclic) bond motifs is 1. The van der Waals surface area contributed by atoms with Gasteiger partial charge in [-0.15, -0.1) is 0 Å². The molecular weight excluding hydrogens is 364 g/mol. The van der Waals surface area contributed by atoms with Crippen LogP contribution >= 0.6 is 0 Å². The van der Waals surface area contributed by atoms with Crippen molar-refractivity contribution in [1.29, 1.82) is 0 Å². The van der Waals surface area contributed by atoms with Gasteiger partial charge in [0.25, 0.3) is 0 Å². The Hall–Kier alpha value is -3.15. The molecule has 3 aromatic rings. The van der Waals surface area contributed by atoms with Crippen molar-refractivity contribution in [1.82, 2.24) is 19.7 Å². The fourth-order valence-corrected chi connectivity index (χ4v) is 3.55. The number of nitrogens with zero attached hydrogens (tertiary/aromatic N) is 4. The van der Waals surface area contributed by atoms with Gasteiger partial charge in [-0.3, -0.25) is 4.90 Å². The molecule has 0 bridgehead atoms. The molecular formula is C23H26N4O2. The highest BCUT2D eigenvalue weighted by atomic mass is 16.6. The number of amides is 1. The zero-order valence-corrected chi connectivity index (χ0v) is 17.3. The van der Waals surface area contributed by atoms with E-state index in [0.717, 1.165) is 40.7 Å². The summed E-state index contributed by atoms with van der Waals surface area (Å²) in [5.41, 5.74) is 2.69. The molecule has 0 saturated heterocycles. The quantitative estimate of drug-likeness (QED) is 0.611. The Balaban J connectivity index is 1.64. The number of pyridine rings is 1. The van der Waals surface area contributed by atoms with Gasteiger partial charge < -0.3 is 4.74 Å². The number of ether oxygens (including phenoxy) is 1. The van der Waals surface area contributed by atoms with Crippen LogP contribution in [0, 0.1) is 6.92 Å². The molecule has 150 valence electrons. The minimum atomic E-state index is -0.508. The number of rotatable bonds is 2. The van der Waals surface area contributed by atoms with E-state index in [0.29, 0.717) is 6.54 Å². The third kappa shape index (κ3) is 4.01. The monoisotopic (exact) mass is 390 g/mol. The maximum absolute atomic E-state index is 12.4. The van der Waals surface area contributed by atoms with Crippen molar-refractivity contribution in [3.05, 3.63) is 60.2 Å². The van der Waals surface area contributed by atoms with Gasteiger partial charge in [-0.05, 0) is 57.1 Å². The standard InChI is InChI=1S/C23H26N4O2/c1-16-12-24-21(20-10-6-5-9-19(16)20)27-15-18(13-25-27)17-8-7-11-26(14-17)22(28)29-23(2,3)4/h5-6,9-10,12-15H,7-8,11H2,1-4H3. The van der Waals surface area contributed by atoms with Crippen LogP contribution in [0.15, 0.2) is 49.1 Å². The summed E-state index contributed by atoms with van der Waals surface area (Å²) < 4.78 is 7.32. The molecule has 1 aromatic carbocycles. The zero-order chi connectivity index (χ0) is 20.6. The van der Waals surface area contributed by atoms with Crippen molar-refractivity contribution in [2.24, 2.45) is 0 Å². The number of carbonyl (C=O) groups excluding carboxylic acids is 1. The molecule has 0 atom stereocenters. The summed E-state index contributed by atoms with van der Waals surface area (Å²) in [5, 5.41) is 6.78. The van der Waals surface area contributed by atoms with Gasteiger partial charge in [0.05, 0.1) is 6.20 Å². The van der Waals surface area contributed by atoms with Crippen LogP contribution < -0.4 is 0 Å². The lowest BCUT2D eigenvalue weighted by atomic mass is 10.0. The molecule has 4 rings (SSSR count). The van der Waals surface area contributed by atoms with Gasteiger partial charge in [-0.2, -0.15) is 5.10 Å². The molecule has 1 amide bonds. The van der Waals surface area contributed by atoms with Crippen LogP contribution in [-0.2, 0) is 4.74 Å². The van der Waals surface area contributed by atoms with Crippen LogP contribution in [0.25, 0.3) is 22.2 Å². The van der Waals surface area contributed by atoms with Crippen molar-refractivity contribution in [2.75, 3.05) is 6.54 Å². The molecule has 0 fully saturated rings. The van der Waals surface area contributed by atoms with Crippen LogP contribution in [0.5, 0.6) is 0 Å². The lowest BCUT2D eigenvalue weighted by Gasteiger charge is -2.28. The van der Waals surface area contributed by atoms with E-state index in [2.05, 4.69) is 29.1 Å². The molecule has 3 heterocycles. The third-order valence-electron chi connectivity index (χ3n) is 4.93. The molecule has 0 N–H and O–H groups in total. The van der Waals surface area contributed by atoms with Crippen LogP contribution in [0.3, 0.4) is 0 Å². The zero-order valence-electron chi connectivity index (χ0n) is 17.3. The average molecular weight is 390 g/mol. The minimum Gasteiger partial charge on any atom is -0.443 e. The molecule has 0 spiro atoms. The Bertz CT molecular complexity index is 1090. The largest absolute Gasteiger partial charge is 0.443 e. The van der Waals surface area contributed by atoms with Gasteiger partial charge >= 0.3 is 6.09 Å². The molecule has 1 aliphatic rings. The Morgan fingerprint density at radius 1 is 1.14 bits per heavy atom. The van der Waals surface area contributed by atoms with Crippen LogP contribution in [0.1, 0.15) is 44.7 Å². The van der Waals surface area contributed by atoms with Crippen LogP contribution in [0.4, 0.5) is 4.79 Å². The molecule has 0 aliphatic carbocycles. The topological polar surface area (TPSA) is 60.2 Å². The van der Waals surface area contributed by atoms with E-state index in [1.165, 1.54) is 5.39 Å². The SMILES string of the molecule is Cc1cnc(-n2cc(C3=CN(C(=O)OC(C)(C)C)CCC3)cn2)c2ccccc12. The number of carbonyl (C=O) groups is 1. The number of hydrogen-bond donors (Lipinski definition) is 0. The summed E-state index contributed by atoms with van der Waals surface area (Å²) in [6, 6.07) is 8.21. The van der Waals surface area contributed by atoms with E-state index < -0.39 is 5.60 Å². The van der Waals surface area contributed by atoms with Gasteiger partial charge in [0.15, 0.2) is 5.82 Å². The van der Waals surface area contributed by atoms with Crippen molar-refractivity contribution in [3.63, 3.8) is 0 Å². The lowest BCUT2D eigenvalue weighted by Crippen LogP contribution is -2.35. The Morgan fingerprint density at radius 2 is 1.90 bits per heavy atom. The highest BCUT2D eigenvalue weighted by Crippen LogP contribution is 2.28. The first-order chi connectivity index (χ1) is 13.8. The number of aromatic nitrogens is 3. The van der Waals surface area contributed by atoms with Crippen molar-refractivity contribution < 1.29 is 9.53 Å². The van der Waals surface area contributed by atoms with Crippen molar-refractivity contribution in [3.8, 4) is 5.82 Å². The van der Waals surface area contributed by atoms with E-state index in [-0.39, 0.29) is 6.09 Å². The van der Waals surface area contributed by atoms with E-state index in [4.69, 9.17) is 4.74 Å². The highest BCUT2D eigenvalue weighted by Gasteiger charge is 2.24. The molecule has 2 aromatic heterocycles. The van der Waals surface area contributed by atoms with Crippen LogP contribution in [0.2, 0.25) is 0 Å². The normalized spacial score (nSPS) is 14.8. The van der Waals surface area contributed by atoms with Crippen molar-refractivity contribution in [2.45, 2.75) is 46.1 Å². The van der Waals surface area contributed by atoms with Gasteiger partial charge in [-0.25, -0.2) is 14.5 Å². The second-order valence-electron chi connectivity index (χ2n) is 8.42. The summed E-state index contributed by atoms with van der Waals surface area (Å²) >= 11 is 0. The maximum atomic E-state index is 12.4. The third-order valence-corrected chi connectivity index (χ3v) is 4.93. The molecule has 29 heavy (non-hydrogen) atoms. The second-order valence-corrected chi connectivity index (χ2v) is 8.42. The van der Waals surface area contributed by atoms with Crippen molar-refractivity contribution >= 4 is 22.4 Å². The van der Waals surface area contributed by atoms with E-state index in [9.17, 15) is 4.79 Å². The number of hydrogen-bond acceptors (Lipinski definition) is 4. The fourth-order valence-electron chi connectivity index (χ4n) is 3.55. The predicted molar refractivity (Wildman–Crippen MR) is 114 cm³/mol. The smallest absolute Gasteiger partial charge is 0.414 e. The summed E-state index contributed by atoms with van der Waals surface area (Å²) in [6.45, 7) is 8.36. The Labute approximate surface area is 170 Å². The summed E-state index contributed by atoms with van der Waals surface area (Å²) in [6.07, 6.45) is 9.06. The van der Waals surface area contributed by atoms with Gasteiger partial charge in [0.1, 0.15) is 5.60 Å². The van der Waals surface area contributed by atoms with E-state index >= 15 is 0 Å². The van der Waals surface area contributed by atoms with Gasteiger partial charge in [-0.1, -0.05) is 24.3 Å². The molecule has 0 saturated carbocycles. The Kier molecular flexibility index (Phi) is 4.86. The molecule has 6 heteroatoms. The molecule has 1 aliphatic heterocycles. The second kappa shape index (κ2) is 7.35. The highest BCUT2D eigenvalue weighted by molar-refractivity contribution is 5.90. The lowest BCUT2D eigenvalue weighted by molar-refractivity contribution is 0.0329. The first-order valence-electron chi connectivity index (χ1n) is 9.92. The summed E-state index contributed by atoms with van der Waals surface area (Å²) in [4.78, 5) is 18.7. The van der Waals surface area contributed by atoms with Crippen LogP contribution in [-0.4, -0.2) is 37.9 Å². The summed E-state index contributed by atoms with van der Waals surface area (Å²) in [5.74, 6) is 0.804. The number of allylic oxidation sites excluding steroid dienone is 1. The molecule has 0 unspecified atom stereocenters. The minimum absolute atomic E-state index is 0.312. The predicted octanol–water partition coefficient (Wildman–Crippen LogP) is 5.10. The maximum Gasteiger partial charge on any atom is 0.414 e. The molecule has 6 nitrogen and oxygen atoms in total. The fraction of sp³-hybridized carbons (Fsp3) is 0.348. The number of benzene rings is 1. The first-order valence-corrected chi connectivity index (χ1v) is 9.92. The Morgan fingerprint density at radius 3 is 2.66 bits per heavy atom. The van der Waals surface area contributed by atoms with Gasteiger partial charge in [0.2, 0.25) is 0 Å². The van der Waals surface area contributed by atoms with E-state index in [1.54, 1.807) is 4.90 Å². The van der Waals surface area contributed by atoms with E-state index in [1.807, 2.05) is 62.4 Å². The van der Waals surface area contributed by atoms with Gasteiger partial charge in [0, 0.05) is 36.1 Å². The summed E-state index contributed by atoms with van der Waals surface area (Å²) in [7, 11) is 0.